The van der Waals surface area contributed by atoms with Crippen molar-refractivity contribution < 1.29 is 0 Å². The summed E-state index contributed by atoms with van der Waals surface area (Å²) >= 11 is 1.86. The minimum Gasteiger partial charge on any atom is -0.338 e. The maximum absolute atomic E-state index is 4.41. The first-order valence-corrected chi connectivity index (χ1v) is 7.84. The highest BCUT2D eigenvalue weighted by atomic mass is 32.1. The zero-order valence-electron chi connectivity index (χ0n) is 12.0. The fraction of sp³-hybridized carbons (Fsp3) is 0.533. The molecule has 0 spiro atoms. The molecule has 0 bridgehead atoms. The SMILES string of the molecule is CCCNC(CCc1nccn1C)c1sccc1C. The van der Waals surface area contributed by atoms with Crippen molar-refractivity contribution in [1.29, 1.82) is 0 Å². The Morgan fingerprint density at radius 1 is 1.47 bits per heavy atom. The number of nitrogens with zero attached hydrogens (tertiary/aromatic N) is 2. The predicted molar refractivity (Wildman–Crippen MR) is 81.6 cm³/mol. The third-order valence-corrected chi connectivity index (χ3v) is 4.57. The van der Waals surface area contributed by atoms with Crippen LogP contribution in [0.4, 0.5) is 0 Å². The lowest BCUT2D eigenvalue weighted by atomic mass is 10.1. The van der Waals surface area contributed by atoms with Crippen molar-refractivity contribution in [1.82, 2.24) is 14.9 Å². The molecule has 0 aliphatic carbocycles. The lowest BCUT2D eigenvalue weighted by molar-refractivity contribution is 0.496. The molecule has 2 aromatic heterocycles. The minimum atomic E-state index is 0.455. The molecule has 0 amide bonds. The molecule has 0 aliphatic rings. The average molecular weight is 277 g/mol. The maximum Gasteiger partial charge on any atom is 0.108 e. The molecule has 0 saturated heterocycles. The van der Waals surface area contributed by atoms with Crippen molar-refractivity contribution in [2.75, 3.05) is 6.54 Å². The quantitative estimate of drug-likeness (QED) is 0.840. The van der Waals surface area contributed by atoms with Gasteiger partial charge in [-0.1, -0.05) is 6.92 Å². The highest BCUT2D eigenvalue weighted by molar-refractivity contribution is 7.10. The van der Waals surface area contributed by atoms with Crippen LogP contribution in [0.5, 0.6) is 0 Å². The molecular formula is C15H23N3S. The van der Waals surface area contributed by atoms with Gasteiger partial charge in [0.25, 0.3) is 0 Å². The molecule has 19 heavy (non-hydrogen) atoms. The highest BCUT2D eigenvalue weighted by Gasteiger charge is 2.15. The van der Waals surface area contributed by atoms with Crippen LogP contribution in [-0.2, 0) is 13.5 Å². The smallest absolute Gasteiger partial charge is 0.108 e. The van der Waals surface area contributed by atoms with E-state index in [0.717, 1.165) is 25.2 Å². The summed E-state index contributed by atoms with van der Waals surface area (Å²) in [6.45, 7) is 5.49. The maximum atomic E-state index is 4.41. The zero-order valence-corrected chi connectivity index (χ0v) is 12.8. The zero-order chi connectivity index (χ0) is 13.7. The summed E-state index contributed by atoms with van der Waals surface area (Å²) in [5.74, 6) is 1.16. The van der Waals surface area contributed by atoms with Crippen molar-refractivity contribution in [3.05, 3.63) is 40.1 Å². The van der Waals surface area contributed by atoms with Crippen LogP contribution in [0.2, 0.25) is 0 Å². The number of aromatic nitrogens is 2. The van der Waals surface area contributed by atoms with E-state index in [-0.39, 0.29) is 0 Å². The second kappa shape index (κ2) is 6.87. The van der Waals surface area contributed by atoms with Crippen LogP contribution in [0.3, 0.4) is 0 Å². The number of rotatable bonds is 7. The lowest BCUT2D eigenvalue weighted by Crippen LogP contribution is -2.22. The summed E-state index contributed by atoms with van der Waals surface area (Å²) in [6.07, 6.45) is 7.18. The topological polar surface area (TPSA) is 29.9 Å². The summed E-state index contributed by atoms with van der Waals surface area (Å²) in [6, 6.07) is 2.66. The molecule has 0 saturated carbocycles. The number of hydrogen-bond donors (Lipinski definition) is 1. The molecule has 0 fully saturated rings. The average Bonchev–Trinajstić information content (AvgIpc) is 2.99. The van der Waals surface area contributed by atoms with E-state index in [0.29, 0.717) is 6.04 Å². The van der Waals surface area contributed by atoms with Gasteiger partial charge in [0.1, 0.15) is 5.82 Å². The number of hydrogen-bond acceptors (Lipinski definition) is 3. The van der Waals surface area contributed by atoms with Crippen LogP contribution in [0.25, 0.3) is 0 Å². The molecule has 0 aromatic carbocycles. The minimum absolute atomic E-state index is 0.455. The van der Waals surface area contributed by atoms with Gasteiger partial charge in [-0.25, -0.2) is 4.98 Å². The Kier molecular flexibility index (Phi) is 5.16. The predicted octanol–water partition coefficient (Wildman–Crippen LogP) is 3.46. The fourth-order valence-electron chi connectivity index (χ4n) is 2.30. The molecule has 3 nitrogen and oxygen atoms in total. The standard InChI is InChI=1S/C15H23N3S/c1-4-8-16-13(15-12(2)7-11-19-15)5-6-14-17-9-10-18(14)3/h7,9-11,13,16H,4-6,8H2,1-3H3. The third kappa shape index (κ3) is 3.67. The van der Waals surface area contributed by atoms with Gasteiger partial charge in [-0.05, 0) is 43.3 Å². The van der Waals surface area contributed by atoms with E-state index in [1.165, 1.54) is 16.9 Å². The van der Waals surface area contributed by atoms with Crippen LogP contribution in [-0.4, -0.2) is 16.1 Å². The molecule has 1 atom stereocenters. The van der Waals surface area contributed by atoms with Crippen LogP contribution in [0.1, 0.15) is 42.1 Å². The monoisotopic (exact) mass is 277 g/mol. The molecular weight excluding hydrogens is 254 g/mol. The lowest BCUT2D eigenvalue weighted by Gasteiger charge is -2.18. The fourth-order valence-corrected chi connectivity index (χ4v) is 3.33. The van der Waals surface area contributed by atoms with Gasteiger partial charge in [-0.2, -0.15) is 0 Å². The molecule has 2 heterocycles. The summed E-state index contributed by atoms with van der Waals surface area (Å²) in [4.78, 5) is 5.89. The first kappa shape index (κ1) is 14.3. The van der Waals surface area contributed by atoms with E-state index in [1.807, 2.05) is 23.7 Å². The molecule has 1 unspecified atom stereocenters. The van der Waals surface area contributed by atoms with E-state index in [1.54, 1.807) is 0 Å². The molecule has 0 radical (unpaired) electrons. The van der Waals surface area contributed by atoms with Gasteiger partial charge in [0.05, 0.1) is 0 Å². The molecule has 2 aromatic rings. The van der Waals surface area contributed by atoms with Crippen molar-refractivity contribution in [2.24, 2.45) is 7.05 Å². The first-order chi connectivity index (χ1) is 9.22. The van der Waals surface area contributed by atoms with Crippen molar-refractivity contribution in [3.63, 3.8) is 0 Å². The second-order valence-corrected chi connectivity index (χ2v) is 5.92. The van der Waals surface area contributed by atoms with Crippen molar-refractivity contribution in [2.45, 2.75) is 39.2 Å². The Morgan fingerprint density at radius 2 is 2.32 bits per heavy atom. The molecule has 2 rings (SSSR count). The summed E-state index contributed by atoms with van der Waals surface area (Å²) < 4.78 is 2.11. The van der Waals surface area contributed by atoms with E-state index >= 15 is 0 Å². The van der Waals surface area contributed by atoms with Crippen LogP contribution >= 0.6 is 11.3 Å². The Morgan fingerprint density at radius 3 is 2.89 bits per heavy atom. The van der Waals surface area contributed by atoms with Crippen molar-refractivity contribution >= 4 is 11.3 Å². The summed E-state index contributed by atoms with van der Waals surface area (Å²) in [5, 5.41) is 5.85. The van der Waals surface area contributed by atoms with Gasteiger partial charge in [0.2, 0.25) is 0 Å². The van der Waals surface area contributed by atoms with Crippen LogP contribution in [0, 0.1) is 6.92 Å². The van der Waals surface area contributed by atoms with E-state index in [9.17, 15) is 0 Å². The third-order valence-electron chi connectivity index (χ3n) is 3.44. The number of aryl methyl sites for hydroxylation is 3. The number of thiophene rings is 1. The molecule has 1 N–H and O–H groups in total. The normalized spacial score (nSPS) is 12.8. The van der Waals surface area contributed by atoms with E-state index < -0.39 is 0 Å². The Bertz CT molecular complexity index is 501. The second-order valence-electron chi connectivity index (χ2n) is 4.97. The summed E-state index contributed by atoms with van der Waals surface area (Å²) in [7, 11) is 2.06. The largest absolute Gasteiger partial charge is 0.338 e. The highest BCUT2D eigenvalue weighted by Crippen LogP contribution is 2.27. The Balaban J connectivity index is 2.02. The summed E-state index contributed by atoms with van der Waals surface area (Å²) in [5.41, 5.74) is 1.40. The van der Waals surface area contributed by atoms with Gasteiger partial charge in [-0.15, -0.1) is 11.3 Å². The Hall–Kier alpha value is -1.13. The van der Waals surface area contributed by atoms with E-state index in [2.05, 4.69) is 47.2 Å². The number of imidazole rings is 1. The van der Waals surface area contributed by atoms with Crippen LogP contribution in [0.15, 0.2) is 23.8 Å². The molecule has 104 valence electrons. The van der Waals surface area contributed by atoms with Gasteiger partial charge >= 0.3 is 0 Å². The van der Waals surface area contributed by atoms with Crippen molar-refractivity contribution in [3.8, 4) is 0 Å². The first-order valence-electron chi connectivity index (χ1n) is 6.96. The van der Waals surface area contributed by atoms with E-state index in [4.69, 9.17) is 0 Å². The van der Waals surface area contributed by atoms with Gasteiger partial charge in [-0.3, -0.25) is 0 Å². The van der Waals surface area contributed by atoms with Crippen LogP contribution < -0.4 is 5.32 Å². The molecule has 0 aliphatic heterocycles. The number of nitrogens with one attached hydrogen (secondary N) is 1. The van der Waals surface area contributed by atoms with Gasteiger partial charge in [0, 0.05) is 36.8 Å². The molecule has 4 heteroatoms. The van der Waals surface area contributed by atoms with Gasteiger partial charge in [0.15, 0.2) is 0 Å². The van der Waals surface area contributed by atoms with Gasteiger partial charge < -0.3 is 9.88 Å². The Labute approximate surface area is 119 Å².